The van der Waals surface area contributed by atoms with E-state index < -0.39 is 97.5 Å². The zero-order chi connectivity index (χ0) is 74.8. The number of esters is 4. The van der Waals surface area contributed by atoms with Gasteiger partial charge in [-0.1, -0.05) is 394 Å². The zero-order valence-corrected chi connectivity index (χ0v) is 68.5. The molecule has 0 bridgehead atoms. The molecule has 0 saturated heterocycles. The third-order valence-electron chi connectivity index (χ3n) is 19.5. The number of aliphatic hydroxyl groups excluding tert-OH is 1. The highest BCUT2D eigenvalue weighted by atomic mass is 31.2. The number of hydrogen-bond acceptors (Lipinski definition) is 15. The Morgan fingerprint density at radius 3 is 0.667 bits per heavy atom. The smallest absolute Gasteiger partial charge is 0.462 e. The molecule has 3 N–H and O–H groups in total. The zero-order valence-electron chi connectivity index (χ0n) is 66.8. The van der Waals surface area contributed by atoms with Gasteiger partial charge in [0.2, 0.25) is 0 Å². The summed E-state index contributed by atoms with van der Waals surface area (Å²) in [7, 11) is -9.92. The Morgan fingerprint density at radius 2 is 0.451 bits per heavy atom. The average Bonchev–Trinajstić information content (AvgIpc) is 0.925. The molecular weight excluding hydrogens is 1330 g/mol. The summed E-state index contributed by atoms with van der Waals surface area (Å²) < 4.78 is 68.8. The summed E-state index contributed by atoms with van der Waals surface area (Å²) in [6.45, 7) is 7.38. The highest BCUT2D eigenvalue weighted by Gasteiger charge is 2.30. The van der Waals surface area contributed by atoms with E-state index in [4.69, 9.17) is 37.0 Å². The number of unbranched alkanes of at least 4 members (excludes halogenated alkanes) is 55. The predicted octanol–water partition coefficient (Wildman–Crippen LogP) is 25.2. The van der Waals surface area contributed by atoms with Crippen LogP contribution in [0.4, 0.5) is 0 Å². The van der Waals surface area contributed by atoms with E-state index in [0.29, 0.717) is 25.7 Å². The summed E-state index contributed by atoms with van der Waals surface area (Å²) in [5, 5.41) is 10.7. The van der Waals surface area contributed by atoms with Crippen LogP contribution in [0, 0.1) is 5.92 Å². The van der Waals surface area contributed by atoms with Crippen LogP contribution in [0.15, 0.2) is 0 Å². The normalized spacial score (nSPS) is 13.8. The van der Waals surface area contributed by atoms with Crippen LogP contribution in [0.25, 0.3) is 0 Å². The molecule has 0 aromatic carbocycles. The van der Waals surface area contributed by atoms with Gasteiger partial charge < -0.3 is 33.8 Å². The number of hydrogen-bond donors (Lipinski definition) is 3. The summed E-state index contributed by atoms with van der Waals surface area (Å²) in [5.74, 6) is -1.31. The molecule has 0 aromatic heterocycles. The fraction of sp³-hybridized carbons (Fsp3) is 0.952. The number of rotatable bonds is 83. The van der Waals surface area contributed by atoms with Crippen molar-refractivity contribution in [1.82, 2.24) is 0 Å². The highest BCUT2D eigenvalue weighted by Crippen LogP contribution is 2.45. The summed E-state index contributed by atoms with van der Waals surface area (Å²) in [6.07, 6.45) is 67.8. The van der Waals surface area contributed by atoms with Crippen LogP contribution in [0.2, 0.25) is 0 Å². The Labute approximate surface area is 626 Å². The van der Waals surface area contributed by atoms with Gasteiger partial charge in [-0.15, -0.1) is 0 Å². The van der Waals surface area contributed by atoms with E-state index in [1.165, 1.54) is 270 Å². The SMILES string of the molecule is CCCCCCCCCCCCCCCCCCCCC(=O)O[C@H](COC(=O)CCCCCCCCCCCCCCCC(C)C)COP(=O)(O)OC[C@@H](O)COP(=O)(O)OC[C@@H](COC(=O)CCCCCCCCCCCCCCC)OC(=O)CCCCCCCCCCCCCCCCC. The van der Waals surface area contributed by atoms with Crippen molar-refractivity contribution in [3.05, 3.63) is 0 Å². The topological polar surface area (TPSA) is 237 Å². The number of aliphatic hydroxyl groups is 1. The Bertz CT molecular complexity index is 1940. The van der Waals surface area contributed by atoms with E-state index in [2.05, 4.69) is 34.6 Å². The van der Waals surface area contributed by atoms with Crippen LogP contribution in [0.5, 0.6) is 0 Å². The molecule has 606 valence electrons. The fourth-order valence-corrected chi connectivity index (χ4v) is 14.5. The van der Waals surface area contributed by atoms with Crippen LogP contribution in [0.3, 0.4) is 0 Å². The summed E-state index contributed by atoms with van der Waals surface area (Å²) in [5.41, 5.74) is 0. The maximum atomic E-state index is 13.1. The van der Waals surface area contributed by atoms with E-state index in [0.717, 1.165) is 95.8 Å². The lowest BCUT2D eigenvalue weighted by atomic mass is 10.0. The first-order chi connectivity index (χ1) is 49.5. The van der Waals surface area contributed by atoms with Gasteiger partial charge in [-0.2, -0.15) is 0 Å². The van der Waals surface area contributed by atoms with E-state index in [9.17, 15) is 43.2 Å². The first kappa shape index (κ1) is 100. The highest BCUT2D eigenvalue weighted by molar-refractivity contribution is 7.47. The molecular formula is C83H162O17P2. The van der Waals surface area contributed by atoms with Crippen LogP contribution in [-0.4, -0.2) is 96.7 Å². The van der Waals surface area contributed by atoms with Crippen LogP contribution in [0.1, 0.15) is 446 Å². The summed E-state index contributed by atoms with van der Waals surface area (Å²) >= 11 is 0. The standard InChI is InChI=1S/C83H162O17P2/c1-6-9-12-15-18-21-24-27-29-30-31-33-38-44-49-54-59-64-69-83(88)100-79(73-94-81(86)67-62-57-52-47-42-39-34-36-40-45-50-55-60-65-76(4)5)75-98-102(91,92)96-71-77(84)70-95-101(89,90)97-74-78(72-93-80(85)66-61-56-51-46-41-35-26-23-20-17-14-11-8-3)99-82(87)68-63-58-53-48-43-37-32-28-25-22-19-16-13-10-7-2/h76-79,84H,6-75H2,1-5H3,(H,89,90)(H,91,92)/t77-,78+,79+/m0/s1. The number of carbonyl (C=O) groups is 4. The van der Waals surface area contributed by atoms with Gasteiger partial charge in [-0.05, 0) is 31.6 Å². The Kier molecular flexibility index (Phi) is 74.4. The van der Waals surface area contributed by atoms with Crippen molar-refractivity contribution >= 4 is 39.5 Å². The molecule has 0 aliphatic carbocycles. The van der Waals surface area contributed by atoms with Gasteiger partial charge in [0, 0.05) is 25.7 Å². The molecule has 0 aliphatic rings. The number of phosphoric ester groups is 2. The molecule has 2 unspecified atom stereocenters. The van der Waals surface area contributed by atoms with E-state index in [1.807, 2.05) is 0 Å². The van der Waals surface area contributed by atoms with Crippen LogP contribution >= 0.6 is 15.6 Å². The van der Waals surface area contributed by atoms with Crippen molar-refractivity contribution in [3.63, 3.8) is 0 Å². The van der Waals surface area contributed by atoms with E-state index in [1.54, 1.807) is 0 Å². The molecule has 0 spiro atoms. The van der Waals surface area contributed by atoms with Gasteiger partial charge in [0.15, 0.2) is 12.2 Å². The van der Waals surface area contributed by atoms with Crippen molar-refractivity contribution in [2.45, 2.75) is 464 Å². The Balaban J connectivity index is 5.27. The molecule has 0 heterocycles. The van der Waals surface area contributed by atoms with Crippen LogP contribution < -0.4 is 0 Å². The average molecular weight is 1490 g/mol. The van der Waals surface area contributed by atoms with Gasteiger partial charge >= 0.3 is 39.5 Å². The molecule has 5 atom stereocenters. The maximum absolute atomic E-state index is 13.1. The lowest BCUT2D eigenvalue weighted by Crippen LogP contribution is -2.30. The summed E-state index contributed by atoms with van der Waals surface area (Å²) in [4.78, 5) is 73.2. The second-order valence-electron chi connectivity index (χ2n) is 30.3. The molecule has 0 radical (unpaired) electrons. The second kappa shape index (κ2) is 75.9. The van der Waals surface area contributed by atoms with Gasteiger partial charge in [0.05, 0.1) is 26.4 Å². The predicted molar refractivity (Wildman–Crippen MR) is 418 cm³/mol. The molecule has 0 aliphatic heterocycles. The summed E-state index contributed by atoms with van der Waals surface area (Å²) in [6, 6.07) is 0. The van der Waals surface area contributed by atoms with Crippen molar-refractivity contribution in [2.75, 3.05) is 39.6 Å². The Hall–Kier alpha value is -1.94. The molecule has 0 saturated carbocycles. The maximum Gasteiger partial charge on any atom is 0.472 e. The van der Waals surface area contributed by atoms with E-state index >= 15 is 0 Å². The van der Waals surface area contributed by atoms with Gasteiger partial charge in [0.1, 0.15) is 19.3 Å². The molecule has 0 fully saturated rings. The van der Waals surface area contributed by atoms with E-state index in [-0.39, 0.29) is 25.7 Å². The van der Waals surface area contributed by atoms with Gasteiger partial charge in [0.25, 0.3) is 0 Å². The second-order valence-corrected chi connectivity index (χ2v) is 33.3. The minimum absolute atomic E-state index is 0.109. The quantitative estimate of drug-likeness (QED) is 0.0222. The molecule has 0 aromatic rings. The first-order valence-corrected chi connectivity index (χ1v) is 46.1. The number of ether oxygens (including phenoxy) is 4. The van der Waals surface area contributed by atoms with Crippen molar-refractivity contribution in [3.8, 4) is 0 Å². The van der Waals surface area contributed by atoms with Crippen molar-refractivity contribution in [2.24, 2.45) is 5.92 Å². The minimum atomic E-state index is -4.96. The largest absolute Gasteiger partial charge is 0.472 e. The van der Waals surface area contributed by atoms with Gasteiger partial charge in [-0.3, -0.25) is 37.3 Å². The van der Waals surface area contributed by atoms with Crippen LogP contribution in [-0.2, 0) is 65.4 Å². The lowest BCUT2D eigenvalue weighted by molar-refractivity contribution is -0.161. The third kappa shape index (κ3) is 76.3. The number of carbonyl (C=O) groups excluding carboxylic acids is 4. The lowest BCUT2D eigenvalue weighted by Gasteiger charge is -2.21. The number of phosphoric acid groups is 2. The van der Waals surface area contributed by atoms with Crippen molar-refractivity contribution in [1.29, 1.82) is 0 Å². The monoisotopic (exact) mass is 1490 g/mol. The third-order valence-corrected chi connectivity index (χ3v) is 21.4. The minimum Gasteiger partial charge on any atom is -0.462 e. The molecule has 102 heavy (non-hydrogen) atoms. The molecule has 19 heteroatoms. The van der Waals surface area contributed by atoms with Crippen molar-refractivity contribution < 1.29 is 80.2 Å². The first-order valence-electron chi connectivity index (χ1n) is 43.1. The molecule has 0 amide bonds. The van der Waals surface area contributed by atoms with Gasteiger partial charge in [-0.25, -0.2) is 9.13 Å². The fourth-order valence-electron chi connectivity index (χ4n) is 12.9. The molecule has 17 nitrogen and oxygen atoms in total. The Morgan fingerprint density at radius 1 is 0.265 bits per heavy atom. The molecule has 0 rings (SSSR count).